The maximum absolute atomic E-state index is 13.1. The topological polar surface area (TPSA) is 62.1 Å². The lowest BCUT2D eigenvalue weighted by molar-refractivity contribution is -0.896. The van der Waals surface area contributed by atoms with E-state index in [4.69, 9.17) is 0 Å². The van der Waals surface area contributed by atoms with Crippen molar-refractivity contribution in [2.24, 2.45) is 11.8 Å². The molecule has 1 saturated carbocycles. The summed E-state index contributed by atoms with van der Waals surface area (Å²) >= 11 is 0. The molecule has 2 heterocycles. The minimum atomic E-state index is -3.47. The zero-order valence-corrected chi connectivity index (χ0v) is 19.2. The summed E-state index contributed by atoms with van der Waals surface area (Å²) < 4.78 is 27.7. The van der Waals surface area contributed by atoms with Crippen molar-refractivity contribution in [2.45, 2.75) is 50.8 Å². The van der Waals surface area contributed by atoms with Crippen LogP contribution in [0.3, 0.4) is 0 Å². The van der Waals surface area contributed by atoms with E-state index in [9.17, 15) is 13.2 Å². The number of sulfonamides is 1. The van der Waals surface area contributed by atoms with Crippen molar-refractivity contribution in [3.63, 3.8) is 0 Å². The van der Waals surface area contributed by atoms with Crippen molar-refractivity contribution >= 4 is 15.9 Å². The molecule has 6 nitrogen and oxygen atoms in total. The average Bonchev–Trinajstić information content (AvgIpc) is 2.73. The number of aryl methyl sites for hydroxylation is 2. The number of nitrogens with one attached hydrogen (secondary N) is 1. The average molecular weight is 435 g/mol. The standard InChI is InChI=1S/C23H35N3O3S/c1-18-7-8-22(19(2)15-18)30(28,29)26-13-11-24(12-14-26)17-23(27)25-10-9-20-5-3-4-6-21(20)16-25/h7-8,15,20-21H,3-6,9-14,16-17H2,1-2H3/p+1/t20-,21-/m1/s1. The van der Waals surface area contributed by atoms with Crippen molar-refractivity contribution < 1.29 is 18.1 Å². The lowest BCUT2D eigenvalue weighted by Crippen LogP contribution is -3.15. The fourth-order valence-electron chi connectivity index (χ4n) is 5.60. The molecule has 2 atom stereocenters. The highest BCUT2D eigenvalue weighted by molar-refractivity contribution is 7.89. The van der Waals surface area contributed by atoms with E-state index < -0.39 is 10.0 Å². The number of carbonyl (C=O) groups is 1. The van der Waals surface area contributed by atoms with E-state index in [1.54, 1.807) is 10.4 Å². The third kappa shape index (κ3) is 4.58. The van der Waals surface area contributed by atoms with E-state index in [1.807, 2.05) is 26.0 Å². The molecule has 0 unspecified atom stereocenters. The zero-order chi connectivity index (χ0) is 21.3. The van der Waals surface area contributed by atoms with Crippen LogP contribution in [0.5, 0.6) is 0 Å². The summed E-state index contributed by atoms with van der Waals surface area (Å²) in [6.07, 6.45) is 6.44. The van der Waals surface area contributed by atoms with E-state index in [1.165, 1.54) is 30.6 Å². The Kier molecular flexibility index (Phi) is 6.51. The van der Waals surface area contributed by atoms with Gasteiger partial charge in [-0.05, 0) is 50.2 Å². The van der Waals surface area contributed by atoms with Gasteiger partial charge in [-0.2, -0.15) is 4.31 Å². The number of hydrogen-bond donors (Lipinski definition) is 1. The third-order valence-corrected chi connectivity index (χ3v) is 9.48. The van der Waals surface area contributed by atoms with Crippen molar-refractivity contribution in [1.29, 1.82) is 0 Å². The zero-order valence-electron chi connectivity index (χ0n) is 18.4. The molecular weight excluding hydrogens is 398 g/mol. The Hall–Kier alpha value is -1.44. The molecule has 1 aliphatic carbocycles. The van der Waals surface area contributed by atoms with Gasteiger partial charge in [0.2, 0.25) is 10.0 Å². The van der Waals surface area contributed by atoms with Gasteiger partial charge < -0.3 is 9.80 Å². The Morgan fingerprint density at radius 1 is 1.03 bits per heavy atom. The van der Waals surface area contributed by atoms with Crippen LogP contribution >= 0.6 is 0 Å². The molecule has 0 radical (unpaired) electrons. The van der Waals surface area contributed by atoms with E-state index in [2.05, 4.69) is 4.90 Å². The van der Waals surface area contributed by atoms with Crippen molar-refractivity contribution in [1.82, 2.24) is 9.21 Å². The molecule has 0 bridgehead atoms. The van der Waals surface area contributed by atoms with Crippen LogP contribution < -0.4 is 4.90 Å². The second-order valence-corrected chi connectivity index (χ2v) is 11.4. The summed E-state index contributed by atoms with van der Waals surface area (Å²) in [6.45, 7) is 8.49. The Morgan fingerprint density at radius 3 is 2.43 bits per heavy atom. The molecule has 2 aliphatic heterocycles. The molecular formula is C23H36N3O3S+. The van der Waals surface area contributed by atoms with Crippen LogP contribution in [0.2, 0.25) is 0 Å². The Labute approximate surface area is 181 Å². The van der Waals surface area contributed by atoms with E-state index in [0.717, 1.165) is 36.6 Å². The minimum absolute atomic E-state index is 0.250. The van der Waals surface area contributed by atoms with Crippen LogP contribution in [0, 0.1) is 25.7 Å². The summed E-state index contributed by atoms with van der Waals surface area (Å²) in [4.78, 5) is 16.6. The largest absolute Gasteiger partial charge is 0.338 e. The third-order valence-electron chi connectivity index (χ3n) is 7.42. The van der Waals surface area contributed by atoms with Gasteiger partial charge in [0.25, 0.3) is 5.91 Å². The number of quaternary nitrogens is 1. The van der Waals surface area contributed by atoms with E-state index in [-0.39, 0.29) is 5.91 Å². The van der Waals surface area contributed by atoms with Crippen LogP contribution in [-0.2, 0) is 14.8 Å². The second-order valence-electron chi connectivity index (χ2n) is 9.53. The van der Waals surface area contributed by atoms with Crippen LogP contribution in [0.1, 0.15) is 43.2 Å². The lowest BCUT2D eigenvalue weighted by atomic mass is 9.75. The minimum Gasteiger partial charge on any atom is -0.338 e. The molecule has 3 fully saturated rings. The van der Waals surface area contributed by atoms with Crippen LogP contribution in [-0.4, -0.2) is 69.3 Å². The van der Waals surface area contributed by atoms with Crippen molar-refractivity contribution in [3.05, 3.63) is 29.3 Å². The first kappa shape index (κ1) is 21.8. The number of likely N-dealkylation sites (tertiary alicyclic amines) is 1. The molecule has 1 aromatic rings. The van der Waals surface area contributed by atoms with Gasteiger partial charge in [-0.25, -0.2) is 8.42 Å². The van der Waals surface area contributed by atoms with Crippen molar-refractivity contribution in [3.8, 4) is 0 Å². The first-order valence-corrected chi connectivity index (χ1v) is 13.0. The number of carbonyl (C=O) groups excluding carboxylic acids is 1. The molecule has 7 heteroatoms. The maximum Gasteiger partial charge on any atom is 0.277 e. The number of piperazine rings is 1. The highest BCUT2D eigenvalue weighted by Crippen LogP contribution is 2.35. The summed E-state index contributed by atoms with van der Waals surface area (Å²) in [6, 6.07) is 5.50. The van der Waals surface area contributed by atoms with Crippen LogP contribution in [0.4, 0.5) is 0 Å². The predicted molar refractivity (Wildman–Crippen MR) is 117 cm³/mol. The molecule has 0 aromatic heterocycles. The molecule has 30 heavy (non-hydrogen) atoms. The number of piperidine rings is 1. The number of hydrogen-bond acceptors (Lipinski definition) is 3. The van der Waals surface area contributed by atoms with E-state index in [0.29, 0.717) is 43.5 Å². The Morgan fingerprint density at radius 2 is 1.73 bits per heavy atom. The van der Waals surface area contributed by atoms with Gasteiger partial charge in [-0.15, -0.1) is 0 Å². The fourth-order valence-corrected chi connectivity index (χ4v) is 7.25. The number of rotatable bonds is 4. The maximum atomic E-state index is 13.1. The molecule has 1 aromatic carbocycles. The molecule has 2 saturated heterocycles. The van der Waals surface area contributed by atoms with Gasteiger partial charge in [-0.1, -0.05) is 37.0 Å². The van der Waals surface area contributed by atoms with Crippen LogP contribution in [0.15, 0.2) is 23.1 Å². The predicted octanol–water partition coefficient (Wildman–Crippen LogP) is 1.23. The normalized spacial score (nSPS) is 26.4. The highest BCUT2D eigenvalue weighted by Gasteiger charge is 2.36. The highest BCUT2D eigenvalue weighted by atomic mass is 32.2. The number of fused-ring (bicyclic) bond motifs is 1. The summed E-state index contributed by atoms with van der Waals surface area (Å²) in [5.74, 6) is 1.78. The monoisotopic (exact) mass is 434 g/mol. The van der Waals surface area contributed by atoms with Gasteiger partial charge in [0.05, 0.1) is 31.1 Å². The van der Waals surface area contributed by atoms with Gasteiger partial charge in [-0.3, -0.25) is 4.79 Å². The number of nitrogens with zero attached hydrogens (tertiary/aromatic N) is 2. The first-order valence-electron chi connectivity index (χ1n) is 11.5. The fraction of sp³-hybridized carbons (Fsp3) is 0.696. The molecule has 0 spiro atoms. The smallest absolute Gasteiger partial charge is 0.277 e. The quantitative estimate of drug-likeness (QED) is 0.775. The molecule has 3 aliphatic rings. The first-order chi connectivity index (χ1) is 14.3. The van der Waals surface area contributed by atoms with Crippen molar-refractivity contribution in [2.75, 3.05) is 45.8 Å². The number of benzene rings is 1. The lowest BCUT2D eigenvalue weighted by Gasteiger charge is -2.41. The van der Waals surface area contributed by atoms with Gasteiger partial charge in [0.15, 0.2) is 6.54 Å². The Balaban J connectivity index is 1.30. The van der Waals surface area contributed by atoms with E-state index >= 15 is 0 Å². The number of amides is 1. The molecule has 1 N–H and O–H groups in total. The SMILES string of the molecule is Cc1ccc(S(=O)(=O)N2CC[NH+](CC(=O)N3CC[C@H]4CCCC[C@@H]4C3)CC2)c(C)c1. The molecule has 4 rings (SSSR count). The molecule has 1 amide bonds. The second kappa shape index (κ2) is 8.97. The van der Waals surface area contributed by atoms with Gasteiger partial charge >= 0.3 is 0 Å². The summed E-state index contributed by atoms with van der Waals surface area (Å²) in [5, 5.41) is 0. The summed E-state index contributed by atoms with van der Waals surface area (Å²) in [7, 11) is -3.47. The Bertz CT molecular complexity index is 878. The summed E-state index contributed by atoms with van der Waals surface area (Å²) in [5.41, 5.74) is 1.86. The molecule has 166 valence electrons. The van der Waals surface area contributed by atoms with Crippen LogP contribution in [0.25, 0.3) is 0 Å². The van der Waals surface area contributed by atoms with Gasteiger partial charge in [0.1, 0.15) is 0 Å². The van der Waals surface area contributed by atoms with Gasteiger partial charge in [0, 0.05) is 13.1 Å².